The summed E-state index contributed by atoms with van der Waals surface area (Å²) in [7, 11) is 0. The largest absolute Gasteiger partial charge is 0.473 e. The summed E-state index contributed by atoms with van der Waals surface area (Å²) in [6, 6.07) is 0. The van der Waals surface area contributed by atoms with Crippen molar-refractivity contribution >= 4 is 0 Å². The SMILES string of the molecule is FC(F)(F)C(F)(F)CC=COC=CCC(F)(F)C(F)(F)F. The van der Waals surface area contributed by atoms with E-state index in [1.807, 2.05) is 0 Å². The van der Waals surface area contributed by atoms with Crippen LogP contribution in [0.4, 0.5) is 43.9 Å². The molecule has 0 fully saturated rings. The van der Waals surface area contributed by atoms with Crippen LogP contribution in [-0.2, 0) is 4.74 Å². The third-order valence-electron chi connectivity index (χ3n) is 1.93. The van der Waals surface area contributed by atoms with Crippen LogP contribution in [-0.4, -0.2) is 24.2 Å². The molecular weight excluding hydrogens is 326 g/mol. The molecule has 0 aromatic heterocycles. The highest BCUT2D eigenvalue weighted by molar-refractivity contribution is 4.90. The molecule has 0 spiro atoms. The van der Waals surface area contributed by atoms with E-state index in [9.17, 15) is 43.9 Å². The van der Waals surface area contributed by atoms with Crippen LogP contribution in [0.15, 0.2) is 24.7 Å². The van der Waals surface area contributed by atoms with Crippen LogP contribution in [0.1, 0.15) is 12.8 Å². The Morgan fingerprint density at radius 1 is 0.571 bits per heavy atom. The molecule has 0 bridgehead atoms. The topological polar surface area (TPSA) is 9.23 Å². The molecule has 0 amide bonds. The smallest absolute Gasteiger partial charge is 0.453 e. The Bertz CT molecular complexity index is 340. The quantitative estimate of drug-likeness (QED) is 0.479. The van der Waals surface area contributed by atoms with Gasteiger partial charge in [0.2, 0.25) is 0 Å². The van der Waals surface area contributed by atoms with Crippen LogP contribution >= 0.6 is 0 Å². The van der Waals surface area contributed by atoms with Crippen LogP contribution in [0.25, 0.3) is 0 Å². The van der Waals surface area contributed by atoms with E-state index in [1.165, 1.54) is 0 Å². The predicted molar refractivity (Wildman–Crippen MR) is 50.6 cm³/mol. The zero-order valence-corrected chi connectivity index (χ0v) is 9.91. The molecule has 0 unspecified atom stereocenters. The summed E-state index contributed by atoms with van der Waals surface area (Å²) in [4.78, 5) is 0. The molecule has 0 aromatic rings. The molecule has 124 valence electrons. The molecule has 0 atom stereocenters. The second-order valence-corrected chi connectivity index (χ2v) is 3.69. The van der Waals surface area contributed by atoms with Gasteiger partial charge >= 0.3 is 24.2 Å². The van der Waals surface area contributed by atoms with Crippen LogP contribution < -0.4 is 0 Å². The maximum absolute atomic E-state index is 12.3. The molecular formula is C10H8F10O. The summed E-state index contributed by atoms with van der Waals surface area (Å²) in [5.41, 5.74) is 0. The first kappa shape index (κ1) is 19.6. The maximum Gasteiger partial charge on any atom is 0.453 e. The number of hydrogen-bond donors (Lipinski definition) is 0. The van der Waals surface area contributed by atoms with E-state index < -0.39 is 37.0 Å². The van der Waals surface area contributed by atoms with E-state index in [0.29, 0.717) is 12.5 Å². The molecule has 0 aliphatic rings. The van der Waals surface area contributed by atoms with Gasteiger partial charge in [0.1, 0.15) is 0 Å². The van der Waals surface area contributed by atoms with Crippen LogP contribution in [0.5, 0.6) is 0 Å². The van der Waals surface area contributed by atoms with Crippen molar-refractivity contribution in [1.29, 1.82) is 0 Å². The number of halogens is 10. The molecule has 21 heavy (non-hydrogen) atoms. The first-order valence-electron chi connectivity index (χ1n) is 5.05. The van der Waals surface area contributed by atoms with Crippen molar-refractivity contribution in [3.05, 3.63) is 24.7 Å². The fourth-order valence-electron chi connectivity index (χ4n) is 0.780. The van der Waals surface area contributed by atoms with Gasteiger partial charge in [-0.15, -0.1) is 0 Å². The second-order valence-electron chi connectivity index (χ2n) is 3.69. The minimum atomic E-state index is -5.76. The lowest BCUT2D eigenvalue weighted by atomic mass is 10.2. The van der Waals surface area contributed by atoms with E-state index >= 15 is 0 Å². The predicted octanol–water partition coefficient (Wildman–Crippen LogP) is 5.21. The highest BCUT2D eigenvalue weighted by atomic mass is 19.4. The Morgan fingerprint density at radius 3 is 1.10 bits per heavy atom. The molecule has 0 N–H and O–H groups in total. The van der Waals surface area contributed by atoms with Crippen LogP contribution in [0.3, 0.4) is 0 Å². The molecule has 0 radical (unpaired) electrons. The third kappa shape index (κ3) is 6.25. The van der Waals surface area contributed by atoms with Crippen LogP contribution in [0.2, 0.25) is 0 Å². The average molecular weight is 334 g/mol. The molecule has 11 heteroatoms. The van der Waals surface area contributed by atoms with Gasteiger partial charge in [-0.2, -0.15) is 43.9 Å². The van der Waals surface area contributed by atoms with E-state index in [1.54, 1.807) is 0 Å². The van der Waals surface area contributed by atoms with Gasteiger partial charge in [-0.25, -0.2) is 0 Å². The molecule has 0 aliphatic heterocycles. The van der Waals surface area contributed by atoms with Gasteiger partial charge < -0.3 is 4.74 Å². The standard InChI is InChI=1S/C10H8F10O/c11-7(12,9(15,16)17)3-1-5-21-6-2-4-8(13,14)10(18,19)20/h1-2,5-6H,3-4H2. The van der Waals surface area contributed by atoms with Gasteiger partial charge in [0, 0.05) is 12.8 Å². The molecule has 0 saturated carbocycles. The monoisotopic (exact) mass is 334 g/mol. The average Bonchev–Trinajstić information content (AvgIpc) is 2.24. The molecule has 0 heterocycles. The summed E-state index contributed by atoms with van der Waals surface area (Å²) >= 11 is 0. The number of rotatable bonds is 6. The van der Waals surface area contributed by atoms with Crippen molar-refractivity contribution in [2.45, 2.75) is 37.0 Å². The zero-order valence-electron chi connectivity index (χ0n) is 9.91. The Balaban J connectivity index is 4.23. The summed E-state index contributed by atoms with van der Waals surface area (Å²) in [5, 5.41) is 0. The summed E-state index contributed by atoms with van der Waals surface area (Å²) in [6.07, 6.45) is -13.9. The van der Waals surface area contributed by atoms with Gasteiger partial charge in [0.25, 0.3) is 0 Å². The van der Waals surface area contributed by atoms with E-state index in [0.717, 1.165) is 0 Å². The lowest BCUT2D eigenvalue weighted by molar-refractivity contribution is -0.280. The fraction of sp³-hybridized carbons (Fsp3) is 0.600. The Hall–Kier alpha value is -1.42. The number of ether oxygens (including phenoxy) is 1. The van der Waals surface area contributed by atoms with Crippen molar-refractivity contribution in [2.75, 3.05) is 0 Å². The first-order chi connectivity index (χ1) is 9.21. The lowest BCUT2D eigenvalue weighted by Gasteiger charge is -2.17. The number of alkyl halides is 10. The second kappa shape index (κ2) is 6.56. The fourth-order valence-corrected chi connectivity index (χ4v) is 0.780. The normalized spacial score (nSPS) is 15.1. The number of hydrogen-bond acceptors (Lipinski definition) is 1. The summed E-state index contributed by atoms with van der Waals surface area (Å²) in [6.45, 7) is 0. The maximum atomic E-state index is 12.3. The van der Waals surface area contributed by atoms with E-state index in [4.69, 9.17) is 0 Å². The van der Waals surface area contributed by atoms with Gasteiger partial charge in [-0.1, -0.05) is 0 Å². The molecule has 0 aromatic carbocycles. The Kier molecular flexibility index (Phi) is 6.12. The highest BCUT2D eigenvalue weighted by Gasteiger charge is 2.57. The molecule has 0 saturated heterocycles. The summed E-state index contributed by atoms with van der Waals surface area (Å²) < 4.78 is 123. The van der Waals surface area contributed by atoms with Gasteiger partial charge in [0.05, 0.1) is 12.5 Å². The Labute approximate surface area is 111 Å². The lowest BCUT2D eigenvalue weighted by Crippen LogP contribution is -2.35. The van der Waals surface area contributed by atoms with Crippen molar-refractivity contribution in [2.24, 2.45) is 0 Å². The Morgan fingerprint density at radius 2 is 0.857 bits per heavy atom. The first-order valence-corrected chi connectivity index (χ1v) is 5.05. The van der Waals surface area contributed by atoms with Crippen molar-refractivity contribution in [1.82, 2.24) is 0 Å². The van der Waals surface area contributed by atoms with Crippen molar-refractivity contribution in [3.63, 3.8) is 0 Å². The van der Waals surface area contributed by atoms with E-state index in [2.05, 4.69) is 4.74 Å². The highest BCUT2D eigenvalue weighted by Crippen LogP contribution is 2.39. The summed E-state index contributed by atoms with van der Waals surface area (Å²) in [5.74, 6) is -10.0. The van der Waals surface area contributed by atoms with Crippen molar-refractivity contribution in [3.8, 4) is 0 Å². The van der Waals surface area contributed by atoms with Crippen LogP contribution in [0, 0.1) is 0 Å². The van der Waals surface area contributed by atoms with Gasteiger partial charge in [0.15, 0.2) is 0 Å². The van der Waals surface area contributed by atoms with Gasteiger partial charge in [-0.05, 0) is 12.2 Å². The minimum Gasteiger partial charge on any atom is -0.473 e. The zero-order chi connectivity index (χ0) is 16.9. The molecule has 0 aliphatic carbocycles. The third-order valence-corrected chi connectivity index (χ3v) is 1.93. The number of allylic oxidation sites excluding steroid dienone is 2. The minimum absolute atomic E-state index is 0.250. The van der Waals surface area contributed by atoms with Gasteiger partial charge in [-0.3, -0.25) is 0 Å². The van der Waals surface area contributed by atoms with E-state index in [-0.39, 0.29) is 12.2 Å². The molecule has 1 nitrogen and oxygen atoms in total. The molecule has 0 rings (SSSR count). The van der Waals surface area contributed by atoms with Crippen molar-refractivity contribution < 1.29 is 48.6 Å².